The molecule has 0 saturated heterocycles. The van der Waals surface area contributed by atoms with Gasteiger partial charge in [-0.1, -0.05) is 18.2 Å². The van der Waals surface area contributed by atoms with E-state index in [1.807, 2.05) is 38.1 Å². The van der Waals surface area contributed by atoms with Gasteiger partial charge in [-0.25, -0.2) is 9.97 Å². The summed E-state index contributed by atoms with van der Waals surface area (Å²) in [5.74, 6) is 1.19. The Morgan fingerprint density at radius 3 is 2.77 bits per heavy atom. The third kappa shape index (κ3) is 4.18. The molecule has 0 bridgehead atoms. The Hall–Kier alpha value is -2.63. The summed E-state index contributed by atoms with van der Waals surface area (Å²) in [5.41, 5.74) is 1.35. The lowest BCUT2D eigenvalue weighted by Gasteiger charge is -2.11. The van der Waals surface area contributed by atoms with Gasteiger partial charge < -0.3 is 15.4 Å². The van der Waals surface area contributed by atoms with E-state index in [0.717, 1.165) is 11.3 Å². The van der Waals surface area contributed by atoms with Crippen molar-refractivity contribution in [2.24, 2.45) is 0 Å². The van der Waals surface area contributed by atoms with Crippen LogP contribution < -0.4 is 15.4 Å². The fraction of sp³-hybridized carbons (Fsp3) is 0.312. The molecule has 0 fully saturated rings. The second kappa shape index (κ2) is 7.40. The molecule has 1 amide bonds. The molecule has 22 heavy (non-hydrogen) atoms. The summed E-state index contributed by atoms with van der Waals surface area (Å²) in [6.45, 7) is 4.35. The van der Waals surface area contributed by atoms with E-state index in [1.54, 1.807) is 13.2 Å². The first-order valence-corrected chi connectivity index (χ1v) is 7.09. The zero-order valence-electron chi connectivity index (χ0n) is 13.0. The van der Waals surface area contributed by atoms with Crippen molar-refractivity contribution < 1.29 is 9.53 Å². The second-order valence-corrected chi connectivity index (χ2v) is 5.08. The first kappa shape index (κ1) is 15.8. The van der Waals surface area contributed by atoms with Crippen molar-refractivity contribution in [2.45, 2.75) is 26.4 Å². The highest BCUT2D eigenvalue weighted by Crippen LogP contribution is 2.18. The molecule has 6 heteroatoms. The molecule has 2 N–H and O–H groups in total. The number of amides is 1. The summed E-state index contributed by atoms with van der Waals surface area (Å²) in [7, 11) is 1.64. The maximum atomic E-state index is 11.9. The largest absolute Gasteiger partial charge is 0.496 e. The molecule has 116 valence electrons. The number of carbonyl (C=O) groups is 1. The molecule has 0 aliphatic carbocycles. The van der Waals surface area contributed by atoms with Gasteiger partial charge in [0.1, 0.15) is 23.6 Å². The number of aromatic nitrogens is 2. The molecule has 0 radical (unpaired) electrons. The van der Waals surface area contributed by atoms with E-state index in [0.29, 0.717) is 18.1 Å². The second-order valence-electron chi connectivity index (χ2n) is 5.08. The van der Waals surface area contributed by atoms with Crippen LogP contribution in [0.1, 0.15) is 29.9 Å². The summed E-state index contributed by atoms with van der Waals surface area (Å²) in [6.07, 6.45) is 1.37. The van der Waals surface area contributed by atoms with E-state index < -0.39 is 0 Å². The first-order valence-electron chi connectivity index (χ1n) is 7.09. The van der Waals surface area contributed by atoms with Crippen molar-refractivity contribution in [1.82, 2.24) is 15.3 Å². The Morgan fingerprint density at radius 2 is 2.05 bits per heavy atom. The maximum Gasteiger partial charge on any atom is 0.270 e. The topological polar surface area (TPSA) is 76.1 Å². The number of carbonyl (C=O) groups excluding carboxylic acids is 1. The SMILES string of the molecule is COc1ccccc1CNc1cc(C(=O)NC(C)C)ncn1. The lowest BCUT2D eigenvalue weighted by molar-refractivity contribution is 0.0938. The fourth-order valence-corrected chi connectivity index (χ4v) is 1.95. The molecule has 0 saturated carbocycles. The highest BCUT2D eigenvalue weighted by atomic mass is 16.5. The van der Waals surface area contributed by atoms with Gasteiger partial charge in [0.15, 0.2) is 0 Å². The fourth-order valence-electron chi connectivity index (χ4n) is 1.95. The quantitative estimate of drug-likeness (QED) is 0.855. The molecule has 2 aromatic rings. The highest BCUT2D eigenvalue weighted by Gasteiger charge is 2.10. The smallest absolute Gasteiger partial charge is 0.270 e. The van der Waals surface area contributed by atoms with Crippen LogP contribution in [0.5, 0.6) is 5.75 Å². The van der Waals surface area contributed by atoms with Gasteiger partial charge in [0.05, 0.1) is 7.11 Å². The lowest BCUT2D eigenvalue weighted by atomic mass is 10.2. The van der Waals surface area contributed by atoms with Crippen LogP contribution in [0.2, 0.25) is 0 Å². The third-order valence-electron chi connectivity index (χ3n) is 2.97. The molecule has 1 aromatic carbocycles. The molecule has 0 spiro atoms. The van der Waals surface area contributed by atoms with Crippen LogP contribution in [0.4, 0.5) is 5.82 Å². The Kier molecular flexibility index (Phi) is 5.30. The van der Waals surface area contributed by atoms with E-state index in [1.165, 1.54) is 6.33 Å². The van der Waals surface area contributed by atoms with Crippen molar-refractivity contribution in [1.29, 1.82) is 0 Å². The Bertz CT molecular complexity index is 644. The maximum absolute atomic E-state index is 11.9. The molecule has 2 rings (SSSR count). The average Bonchev–Trinajstić information content (AvgIpc) is 2.53. The van der Waals surface area contributed by atoms with Crippen LogP contribution in [0, 0.1) is 0 Å². The predicted molar refractivity (Wildman–Crippen MR) is 85.0 cm³/mol. The van der Waals surface area contributed by atoms with E-state index >= 15 is 0 Å². The minimum atomic E-state index is -0.210. The van der Waals surface area contributed by atoms with Crippen LogP contribution in [0.3, 0.4) is 0 Å². The summed E-state index contributed by atoms with van der Waals surface area (Å²) in [6, 6.07) is 9.43. The zero-order chi connectivity index (χ0) is 15.9. The number of methoxy groups -OCH3 is 1. The lowest BCUT2D eigenvalue weighted by Crippen LogP contribution is -2.30. The average molecular weight is 300 g/mol. The normalized spacial score (nSPS) is 10.4. The molecule has 0 aliphatic rings. The van der Waals surface area contributed by atoms with Crippen LogP contribution in [0.25, 0.3) is 0 Å². The van der Waals surface area contributed by atoms with Crippen molar-refractivity contribution >= 4 is 11.7 Å². The number of ether oxygens (including phenoxy) is 1. The summed E-state index contributed by atoms with van der Waals surface area (Å²) < 4.78 is 5.30. The minimum Gasteiger partial charge on any atom is -0.496 e. The van der Waals surface area contributed by atoms with E-state index in [2.05, 4.69) is 20.6 Å². The van der Waals surface area contributed by atoms with Crippen molar-refractivity contribution in [3.8, 4) is 5.75 Å². The van der Waals surface area contributed by atoms with Crippen molar-refractivity contribution in [2.75, 3.05) is 12.4 Å². The Balaban J connectivity index is 2.06. The molecule has 0 atom stereocenters. The van der Waals surface area contributed by atoms with Crippen LogP contribution in [-0.2, 0) is 6.54 Å². The van der Waals surface area contributed by atoms with Gasteiger partial charge in [-0.05, 0) is 19.9 Å². The number of rotatable bonds is 6. The van der Waals surface area contributed by atoms with Crippen LogP contribution in [-0.4, -0.2) is 29.0 Å². The number of hydrogen-bond acceptors (Lipinski definition) is 5. The predicted octanol–water partition coefficient (Wildman–Crippen LogP) is 2.24. The number of benzene rings is 1. The van der Waals surface area contributed by atoms with Crippen LogP contribution in [0.15, 0.2) is 36.7 Å². The standard InChI is InChI=1S/C16H20N4O2/c1-11(2)20-16(21)13-8-15(19-10-18-13)17-9-12-6-4-5-7-14(12)22-3/h4-8,10-11H,9H2,1-3H3,(H,20,21)(H,17,18,19). The molecule has 1 heterocycles. The van der Waals surface area contributed by atoms with Gasteiger partial charge in [0.25, 0.3) is 5.91 Å². The molecule has 6 nitrogen and oxygen atoms in total. The van der Waals surface area contributed by atoms with Gasteiger partial charge in [-0.3, -0.25) is 4.79 Å². The molecule has 0 aliphatic heterocycles. The zero-order valence-corrected chi connectivity index (χ0v) is 13.0. The minimum absolute atomic E-state index is 0.0625. The highest BCUT2D eigenvalue weighted by molar-refractivity contribution is 5.92. The van der Waals surface area contributed by atoms with Crippen molar-refractivity contribution in [3.63, 3.8) is 0 Å². The number of anilines is 1. The van der Waals surface area contributed by atoms with Gasteiger partial charge in [-0.2, -0.15) is 0 Å². The third-order valence-corrected chi connectivity index (χ3v) is 2.97. The summed E-state index contributed by atoms with van der Waals surface area (Å²) in [4.78, 5) is 20.1. The number of hydrogen-bond donors (Lipinski definition) is 2. The van der Waals surface area contributed by atoms with Gasteiger partial charge >= 0.3 is 0 Å². The van der Waals surface area contributed by atoms with Gasteiger partial charge in [-0.15, -0.1) is 0 Å². The monoisotopic (exact) mass is 300 g/mol. The molecule has 1 aromatic heterocycles. The Labute approximate surface area is 129 Å². The molecular weight excluding hydrogens is 280 g/mol. The summed E-state index contributed by atoms with van der Waals surface area (Å²) >= 11 is 0. The number of nitrogens with zero attached hydrogens (tertiary/aromatic N) is 2. The van der Waals surface area contributed by atoms with Crippen molar-refractivity contribution in [3.05, 3.63) is 47.9 Å². The number of nitrogens with one attached hydrogen (secondary N) is 2. The van der Waals surface area contributed by atoms with Gasteiger partial charge in [0.2, 0.25) is 0 Å². The van der Waals surface area contributed by atoms with E-state index in [9.17, 15) is 4.79 Å². The summed E-state index contributed by atoms with van der Waals surface area (Å²) in [5, 5.41) is 5.97. The van der Waals surface area contributed by atoms with Gasteiger partial charge in [0, 0.05) is 24.2 Å². The van der Waals surface area contributed by atoms with E-state index in [4.69, 9.17) is 4.74 Å². The first-order chi connectivity index (χ1) is 10.6. The van der Waals surface area contributed by atoms with Crippen LogP contribution >= 0.6 is 0 Å². The van der Waals surface area contributed by atoms with E-state index in [-0.39, 0.29) is 11.9 Å². The number of para-hydroxylation sites is 1. The Morgan fingerprint density at radius 1 is 1.27 bits per heavy atom. The molecular formula is C16H20N4O2. The molecule has 0 unspecified atom stereocenters.